The molecule has 1 atom stereocenters. The summed E-state index contributed by atoms with van der Waals surface area (Å²) in [7, 11) is 0. The average molecular weight is 269 g/mol. The van der Waals surface area contributed by atoms with Crippen LogP contribution in [0.15, 0.2) is 22.8 Å². The molecule has 1 aliphatic heterocycles. The monoisotopic (exact) mass is 268 g/mol. The maximum absolute atomic E-state index is 11.5. The van der Waals surface area contributed by atoms with E-state index in [9.17, 15) is 9.59 Å². The Morgan fingerprint density at radius 2 is 2.20 bits per heavy atom. The molecular formula is C10H9BrN2O2. The molecule has 1 N–H and O–H groups in total. The number of nitrogens with zero attached hydrogens (tertiary/aromatic N) is 1. The molecule has 4 nitrogen and oxygen atoms in total. The number of nitrogens with one attached hydrogen (secondary N) is 1. The fourth-order valence-corrected chi connectivity index (χ4v) is 1.95. The van der Waals surface area contributed by atoms with E-state index < -0.39 is 0 Å². The summed E-state index contributed by atoms with van der Waals surface area (Å²) in [6.07, 6.45) is 0.915. The zero-order valence-electron chi connectivity index (χ0n) is 7.87. The number of rotatable bonds is 1. The van der Waals surface area contributed by atoms with E-state index in [0.29, 0.717) is 23.1 Å². The zero-order chi connectivity index (χ0) is 10.8. The molecule has 2 amide bonds. The highest BCUT2D eigenvalue weighted by Crippen LogP contribution is 2.23. The van der Waals surface area contributed by atoms with E-state index in [1.165, 1.54) is 0 Å². The normalized spacial score (nSPS) is 21.3. The Labute approximate surface area is 95.2 Å². The van der Waals surface area contributed by atoms with Gasteiger partial charge in [0.1, 0.15) is 4.60 Å². The number of hydrogen-bond acceptors (Lipinski definition) is 3. The van der Waals surface area contributed by atoms with Crippen molar-refractivity contribution < 1.29 is 9.59 Å². The summed E-state index contributed by atoms with van der Waals surface area (Å²) in [5.74, 6) is -0.761. The van der Waals surface area contributed by atoms with Crippen LogP contribution in [0, 0.1) is 0 Å². The SMILES string of the molecule is O=C1CCC(c2cccc(Br)n2)C(=O)N1. The van der Waals surface area contributed by atoms with Crippen LogP contribution in [0.1, 0.15) is 24.5 Å². The van der Waals surface area contributed by atoms with E-state index in [-0.39, 0.29) is 17.7 Å². The third kappa shape index (κ3) is 2.23. The van der Waals surface area contributed by atoms with Gasteiger partial charge in [-0.3, -0.25) is 14.9 Å². The highest BCUT2D eigenvalue weighted by molar-refractivity contribution is 9.10. The molecule has 1 unspecified atom stereocenters. The summed E-state index contributed by atoms with van der Waals surface area (Å²) < 4.78 is 0.699. The second-order valence-corrected chi connectivity index (χ2v) is 4.20. The lowest BCUT2D eigenvalue weighted by Gasteiger charge is -2.20. The molecule has 0 aromatic carbocycles. The van der Waals surface area contributed by atoms with Gasteiger partial charge < -0.3 is 0 Å². The van der Waals surface area contributed by atoms with E-state index >= 15 is 0 Å². The topological polar surface area (TPSA) is 59.1 Å². The van der Waals surface area contributed by atoms with Crippen LogP contribution in [-0.2, 0) is 9.59 Å². The van der Waals surface area contributed by atoms with Crippen LogP contribution in [0.2, 0.25) is 0 Å². The molecule has 0 aliphatic carbocycles. The maximum Gasteiger partial charge on any atom is 0.235 e. The molecule has 1 aromatic heterocycles. The Balaban J connectivity index is 2.24. The van der Waals surface area contributed by atoms with Crippen molar-refractivity contribution in [2.45, 2.75) is 18.8 Å². The van der Waals surface area contributed by atoms with Crippen molar-refractivity contribution in [3.05, 3.63) is 28.5 Å². The van der Waals surface area contributed by atoms with Gasteiger partial charge in [-0.25, -0.2) is 4.98 Å². The van der Waals surface area contributed by atoms with Crippen LogP contribution >= 0.6 is 15.9 Å². The summed E-state index contributed by atoms with van der Waals surface area (Å²) in [5.41, 5.74) is 0.703. The lowest BCUT2D eigenvalue weighted by atomic mass is 9.94. The Kier molecular flexibility index (Phi) is 2.81. The minimum absolute atomic E-state index is 0.203. The first-order chi connectivity index (χ1) is 7.16. The Bertz CT molecular complexity index is 420. The number of imide groups is 1. The highest BCUT2D eigenvalue weighted by Gasteiger charge is 2.28. The van der Waals surface area contributed by atoms with Crippen molar-refractivity contribution in [1.82, 2.24) is 10.3 Å². The van der Waals surface area contributed by atoms with E-state index in [2.05, 4.69) is 26.2 Å². The first kappa shape index (κ1) is 10.3. The molecule has 1 aliphatic rings. The van der Waals surface area contributed by atoms with E-state index in [1.807, 2.05) is 6.07 Å². The summed E-state index contributed by atoms with van der Waals surface area (Å²) in [6.45, 7) is 0. The van der Waals surface area contributed by atoms with Gasteiger partial charge in [0.15, 0.2) is 0 Å². The maximum atomic E-state index is 11.5. The summed E-state index contributed by atoms with van der Waals surface area (Å²) >= 11 is 3.25. The van der Waals surface area contributed by atoms with Crippen LogP contribution in [0.5, 0.6) is 0 Å². The molecule has 1 fully saturated rings. The summed E-state index contributed by atoms with van der Waals surface area (Å²) in [4.78, 5) is 26.7. The molecule has 5 heteroatoms. The zero-order valence-corrected chi connectivity index (χ0v) is 9.45. The molecule has 2 rings (SSSR count). The van der Waals surface area contributed by atoms with Crippen molar-refractivity contribution in [2.75, 3.05) is 0 Å². The Hall–Kier alpha value is -1.23. The Morgan fingerprint density at radius 3 is 2.87 bits per heavy atom. The molecule has 0 bridgehead atoms. The fourth-order valence-electron chi connectivity index (χ4n) is 1.59. The van der Waals surface area contributed by atoms with Crippen molar-refractivity contribution in [2.24, 2.45) is 0 Å². The number of amides is 2. The number of aromatic nitrogens is 1. The van der Waals surface area contributed by atoms with Gasteiger partial charge in [-0.05, 0) is 34.5 Å². The summed E-state index contributed by atoms with van der Waals surface area (Å²) in [6, 6.07) is 5.43. The van der Waals surface area contributed by atoms with Gasteiger partial charge >= 0.3 is 0 Å². The number of hydrogen-bond donors (Lipinski definition) is 1. The van der Waals surface area contributed by atoms with Gasteiger partial charge in [0.05, 0.1) is 11.6 Å². The van der Waals surface area contributed by atoms with E-state index in [1.54, 1.807) is 12.1 Å². The number of carbonyl (C=O) groups is 2. The van der Waals surface area contributed by atoms with Gasteiger partial charge in [-0.2, -0.15) is 0 Å². The molecule has 1 aromatic rings. The van der Waals surface area contributed by atoms with Gasteiger partial charge in [-0.15, -0.1) is 0 Å². The molecule has 0 saturated carbocycles. The minimum Gasteiger partial charge on any atom is -0.296 e. The molecule has 0 spiro atoms. The second-order valence-electron chi connectivity index (χ2n) is 3.39. The second kappa shape index (κ2) is 4.10. The molecule has 15 heavy (non-hydrogen) atoms. The van der Waals surface area contributed by atoms with Gasteiger partial charge in [0.2, 0.25) is 11.8 Å². The average Bonchev–Trinajstić information content (AvgIpc) is 2.17. The van der Waals surface area contributed by atoms with Crippen molar-refractivity contribution in [3.63, 3.8) is 0 Å². The molecule has 78 valence electrons. The van der Waals surface area contributed by atoms with Crippen LogP contribution in [-0.4, -0.2) is 16.8 Å². The predicted molar refractivity (Wildman–Crippen MR) is 57.1 cm³/mol. The number of piperidine rings is 1. The van der Waals surface area contributed by atoms with Crippen LogP contribution in [0.3, 0.4) is 0 Å². The summed E-state index contributed by atoms with van der Waals surface area (Å²) in [5, 5.41) is 2.31. The van der Waals surface area contributed by atoms with Crippen LogP contribution in [0.4, 0.5) is 0 Å². The third-order valence-corrected chi connectivity index (χ3v) is 2.77. The molecule has 0 radical (unpaired) electrons. The first-order valence-corrected chi connectivity index (χ1v) is 5.42. The minimum atomic E-state index is -0.305. The standard InChI is InChI=1S/C10H9BrN2O2/c11-8-3-1-2-7(12-8)6-4-5-9(14)13-10(6)15/h1-3,6H,4-5H2,(H,13,14,15). The number of pyridine rings is 1. The smallest absolute Gasteiger partial charge is 0.235 e. The van der Waals surface area contributed by atoms with Gasteiger partial charge in [-0.1, -0.05) is 6.07 Å². The molecule has 2 heterocycles. The number of carbonyl (C=O) groups excluding carboxylic acids is 2. The lowest BCUT2D eigenvalue weighted by molar-refractivity contribution is -0.134. The van der Waals surface area contributed by atoms with Crippen molar-refractivity contribution >= 4 is 27.7 Å². The molecule has 1 saturated heterocycles. The molecular weight excluding hydrogens is 260 g/mol. The van der Waals surface area contributed by atoms with Gasteiger partial charge in [0, 0.05) is 6.42 Å². The third-order valence-electron chi connectivity index (χ3n) is 2.33. The quantitative estimate of drug-likeness (QED) is 0.618. The largest absolute Gasteiger partial charge is 0.296 e. The first-order valence-electron chi connectivity index (χ1n) is 4.63. The van der Waals surface area contributed by atoms with E-state index in [0.717, 1.165) is 0 Å². The van der Waals surface area contributed by atoms with E-state index in [4.69, 9.17) is 0 Å². The van der Waals surface area contributed by atoms with Crippen LogP contribution in [0.25, 0.3) is 0 Å². The fraction of sp³-hybridized carbons (Fsp3) is 0.300. The lowest BCUT2D eigenvalue weighted by Crippen LogP contribution is -2.39. The highest BCUT2D eigenvalue weighted by atomic mass is 79.9. The Morgan fingerprint density at radius 1 is 1.40 bits per heavy atom. The van der Waals surface area contributed by atoms with Crippen molar-refractivity contribution in [3.8, 4) is 0 Å². The van der Waals surface area contributed by atoms with Crippen LogP contribution < -0.4 is 5.32 Å². The van der Waals surface area contributed by atoms with Crippen molar-refractivity contribution in [1.29, 1.82) is 0 Å². The predicted octanol–water partition coefficient (Wildman–Crippen LogP) is 1.36. The number of halogens is 1. The van der Waals surface area contributed by atoms with Gasteiger partial charge in [0.25, 0.3) is 0 Å².